The number of imide groups is 1. The van der Waals surface area contributed by atoms with E-state index in [1.165, 1.54) is 36.4 Å². The van der Waals surface area contributed by atoms with Gasteiger partial charge in [-0.15, -0.1) is 5.11 Å². The summed E-state index contributed by atoms with van der Waals surface area (Å²) in [6.07, 6.45) is 0. The lowest BCUT2D eigenvalue weighted by Gasteiger charge is -2.11. The molecule has 0 radical (unpaired) electrons. The molecule has 4 aromatic carbocycles. The lowest BCUT2D eigenvalue weighted by molar-refractivity contribution is 0.0526. The molecule has 0 saturated heterocycles. The number of ether oxygens (including phenoxy) is 1. The van der Waals surface area contributed by atoms with Crippen LogP contribution in [-0.2, 0) is 4.74 Å². The summed E-state index contributed by atoms with van der Waals surface area (Å²) in [5, 5.41) is 25.5. The quantitative estimate of drug-likeness (QED) is 0.184. The van der Waals surface area contributed by atoms with Crippen LogP contribution in [0.1, 0.15) is 48.4 Å². The molecule has 4 aromatic rings. The molecule has 1 heterocycles. The van der Waals surface area contributed by atoms with E-state index in [4.69, 9.17) is 4.74 Å². The van der Waals surface area contributed by atoms with Crippen LogP contribution in [0.5, 0.6) is 5.75 Å². The lowest BCUT2D eigenvalue weighted by atomic mass is 10.0. The van der Waals surface area contributed by atoms with Gasteiger partial charge in [0.2, 0.25) is 0 Å². The van der Waals surface area contributed by atoms with Crippen LogP contribution in [0.3, 0.4) is 0 Å². The maximum absolute atomic E-state index is 13.1. The Morgan fingerprint density at radius 1 is 0.921 bits per heavy atom. The molecule has 1 aliphatic rings. The number of phenols is 1. The number of anilines is 1. The van der Waals surface area contributed by atoms with E-state index in [0.717, 1.165) is 0 Å². The predicted molar refractivity (Wildman–Crippen MR) is 138 cm³/mol. The average Bonchev–Trinajstić information content (AvgIpc) is 3.20. The normalized spacial score (nSPS) is 12.4. The molecule has 3 N–H and O–H groups in total. The number of esters is 1. The number of benzene rings is 4. The van der Waals surface area contributed by atoms with Gasteiger partial charge < -0.3 is 15.2 Å². The molecule has 0 aromatic heterocycles. The highest BCUT2D eigenvalue weighted by Gasteiger charge is 2.26. The van der Waals surface area contributed by atoms with E-state index in [0.29, 0.717) is 22.0 Å². The van der Waals surface area contributed by atoms with Gasteiger partial charge in [-0.2, -0.15) is 5.11 Å². The van der Waals surface area contributed by atoms with Crippen molar-refractivity contribution in [1.29, 1.82) is 0 Å². The van der Waals surface area contributed by atoms with Crippen LogP contribution in [0.2, 0.25) is 0 Å². The summed E-state index contributed by atoms with van der Waals surface area (Å²) in [7, 11) is 0. The number of carbonyl (C=O) groups excluding carboxylic acids is 4. The van der Waals surface area contributed by atoms with Crippen molar-refractivity contribution in [3.8, 4) is 5.75 Å². The Hall–Kier alpha value is -5.38. The van der Waals surface area contributed by atoms with Gasteiger partial charge in [-0.05, 0) is 60.8 Å². The third-order valence-electron chi connectivity index (χ3n) is 5.88. The summed E-state index contributed by atoms with van der Waals surface area (Å²) < 4.78 is 4.96. The molecule has 38 heavy (non-hydrogen) atoms. The van der Waals surface area contributed by atoms with Gasteiger partial charge in [0.25, 0.3) is 17.7 Å². The topological polar surface area (TPSA) is 147 Å². The minimum atomic E-state index is -0.596. The van der Waals surface area contributed by atoms with Crippen LogP contribution in [0.15, 0.2) is 83.0 Å². The van der Waals surface area contributed by atoms with E-state index < -0.39 is 23.7 Å². The predicted octanol–water partition coefficient (Wildman–Crippen LogP) is 5.27. The molecule has 1 aliphatic heterocycles. The summed E-state index contributed by atoms with van der Waals surface area (Å²) in [5.74, 6) is -2.46. The van der Waals surface area contributed by atoms with Crippen molar-refractivity contribution >= 4 is 51.5 Å². The number of nitrogens with zero attached hydrogens (tertiary/aromatic N) is 2. The smallest absolute Gasteiger partial charge is 0.338 e. The van der Waals surface area contributed by atoms with Crippen molar-refractivity contribution in [2.75, 3.05) is 11.9 Å². The third kappa shape index (κ3) is 4.58. The number of phenolic OH excluding ortho intramolecular Hbond substituents is 1. The summed E-state index contributed by atoms with van der Waals surface area (Å²) >= 11 is 0. The molecule has 188 valence electrons. The fraction of sp³-hybridized carbons (Fsp3) is 0.0714. The fourth-order valence-electron chi connectivity index (χ4n) is 4.02. The molecule has 5 rings (SSSR count). The van der Waals surface area contributed by atoms with E-state index in [2.05, 4.69) is 20.9 Å². The monoisotopic (exact) mass is 508 g/mol. The summed E-state index contributed by atoms with van der Waals surface area (Å²) in [5.41, 5.74) is 1.49. The highest BCUT2D eigenvalue weighted by Crippen LogP contribution is 2.39. The molecule has 0 unspecified atom stereocenters. The van der Waals surface area contributed by atoms with Crippen LogP contribution >= 0.6 is 0 Å². The Kier molecular flexibility index (Phi) is 6.36. The first-order chi connectivity index (χ1) is 18.4. The third-order valence-corrected chi connectivity index (χ3v) is 5.88. The summed E-state index contributed by atoms with van der Waals surface area (Å²) in [6, 6.07) is 19.2. The van der Waals surface area contributed by atoms with Crippen molar-refractivity contribution in [1.82, 2.24) is 5.32 Å². The zero-order valence-corrected chi connectivity index (χ0v) is 20.0. The second-order valence-electron chi connectivity index (χ2n) is 8.31. The number of nitrogens with one attached hydrogen (secondary N) is 2. The molecule has 10 heteroatoms. The van der Waals surface area contributed by atoms with Gasteiger partial charge in [0, 0.05) is 11.1 Å². The van der Waals surface area contributed by atoms with Crippen LogP contribution in [0.4, 0.5) is 17.1 Å². The first kappa shape index (κ1) is 24.3. The Morgan fingerprint density at radius 2 is 1.66 bits per heavy atom. The summed E-state index contributed by atoms with van der Waals surface area (Å²) in [4.78, 5) is 48.7. The highest BCUT2D eigenvalue weighted by molar-refractivity contribution is 6.21. The number of hydrogen-bond donors (Lipinski definition) is 3. The first-order valence-corrected chi connectivity index (χ1v) is 11.6. The number of amides is 3. The van der Waals surface area contributed by atoms with Gasteiger partial charge in [0.15, 0.2) is 5.75 Å². The number of rotatable bonds is 6. The number of azo groups is 1. The zero-order chi connectivity index (χ0) is 26.8. The largest absolute Gasteiger partial charge is 0.505 e. The molecule has 0 atom stereocenters. The second kappa shape index (κ2) is 9.94. The SMILES string of the molecule is CCOC(=O)c1ccc(NC(=O)c2cc3ccccc3c(N=Nc3ccc4c(c3)C(=O)NC4=O)c2O)cc1. The Labute approximate surface area is 216 Å². The molecule has 0 fully saturated rings. The van der Waals surface area contributed by atoms with Crippen LogP contribution < -0.4 is 10.6 Å². The first-order valence-electron chi connectivity index (χ1n) is 11.6. The van der Waals surface area contributed by atoms with Gasteiger partial charge in [-0.1, -0.05) is 24.3 Å². The second-order valence-corrected chi connectivity index (χ2v) is 8.31. The Balaban J connectivity index is 1.47. The molecular formula is C28H20N4O6. The highest BCUT2D eigenvalue weighted by atomic mass is 16.5. The van der Waals surface area contributed by atoms with Crippen LogP contribution in [0.25, 0.3) is 10.8 Å². The van der Waals surface area contributed by atoms with Gasteiger partial charge >= 0.3 is 5.97 Å². The van der Waals surface area contributed by atoms with Gasteiger partial charge in [0.1, 0.15) is 5.69 Å². The molecule has 0 spiro atoms. The van der Waals surface area contributed by atoms with Crippen molar-refractivity contribution in [3.63, 3.8) is 0 Å². The maximum Gasteiger partial charge on any atom is 0.338 e. The minimum Gasteiger partial charge on any atom is -0.505 e. The minimum absolute atomic E-state index is 0.0361. The lowest BCUT2D eigenvalue weighted by Crippen LogP contribution is -2.19. The van der Waals surface area contributed by atoms with E-state index in [1.807, 2.05) is 0 Å². The molecule has 10 nitrogen and oxygen atoms in total. The van der Waals surface area contributed by atoms with Crippen molar-refractivity contribution in [2.24, 2.45) is 10.2 Å². The Morgan fingerprint density at radius 3 is 2.42 bits per heavy atom. The van der Waals surface area contributed by atoms with Crippen LogP contribution in [-0.4, -0.2) is 35.4 Å². The fourth-order valence-corrected chi connectivity index (χ4v) is 4.02. The standard InChI is InChI=1S/C28H20N4O6/c1-2-38-28(37)15-7-9-17(10-8-15)29-27(36)22-13-16-5-3-4-6-19(16)23(24(22)33)32-31-18-11-12-20-21(14-18)26(35)30-25(20)34/h3-14,33H,2H2,1H3,(H,29,36)(H,30,34,35). The molecule has 0 bridgehead atoms. The summed E-state index contributed by atoms with van der Waals surface area (Å²) in [6.45, 7) is 1.96. The average molecular weight is 508 g/mol. The van der Waals surface area contributed by atoms with Crippen molar-refractivity contribution in [2.45, 2.75) is 6.92 Å². The number of carbonyl (C=O) groups is 4. The van der Waals surface area contributed by atoms with Crippen molar-refractivity contribution in [3.05, 3.63) is 95.1 Å². The zero-order valence-electron chi connectivity index (χ0n) is 20.0. The van der Waals surface area contributed by atoms with E-state index in [9.17, 15) is 24.3 Å². The van der Waals surface area contributed by atoms with Gasteiger partial charge in [0.05, 0.1) is 34.5 Å². The molecular weight excluding hydrogens is 488 g/mol. The van der Waals surface area contributed by atoms with E-state index in [-0.39, 0.29) is 40.4 Å². The maximum atomic E-state index is 13.1. The Bertz CT molecular complexity index is 1660. The van der Waals surface area contributed by atoms with E-state index in [1.54, 1.807) is 43.3 Å². The molecule has 0 saturated carbocycles. The van der Waals surface area contributed by atoms with E-state index >= 15 is 0 Å². The molecule has 3 amide bonds. The number of fused-ring (bicyclic) bond motifs is 2. The van der Waals surface area contributed by atoms with Crippen molar-refractivity contribution < 1.29 is 29.0 Å². The number of hydrogen-bond acceptors (Lipinski definition) is 8. The molecule has 0 aliphatic carbocycles. The van der Waals surface area contributed by atoms with Gasteiger partial charge in [-0.3, -0.25) is 19.7 Å². The number of aromatic hydroxyl groups is 1. The van der Waals surface area contributed by atoms with Gasteiger partial charge in [-0.25, -0.2) is 4.79 Å². The van der Waals surface area contributed by atoms with Crippen LogP contribution in [0, 0.1) is 0 Å².